The van der Waals surface area contributed by atoms with Crippen molar-refractivity contribution in [3.63, 3.8) is 0 Å². The van der Waals surface area contributed by atoms with Gasteiger partial charge in [-0.2, -0.15) is 26.3 Å². The molecule has 3 heterocycles. The Morgan fingerprint density at radius 1 is 0.875 bits per heavy atom. The smallest absolute Gasteiger partial charge is 0.475 e. The van der Waals surface area contributed by atoms with Crippen LogP contribution in [0.2, 0.25) is 0 Å². The monoisotopic (exact) mass is 472 g/mol. The molecule has 1 aromatic rings. The standard InChI is InChI=1S/C14H20N4.2C2HF3O2/c1-4-15-14(16-5-1)18-9-12-7-17(6-11-2-3-11)8-13(12)10-18;2*3-2(4,5)1(6)7/h1,4-5,11-13H,2-3,6-10H2;2*(H,6,7). The Kier molecular flexibility index (Phi) is 8.26. The molecule has 3 aliphatic rings. The minimum Gasteiger partial charge on any atom is -0.475 e. The van der Waals surface area contributed by atoms with Crippen molar-refractivity contribution >= 4 is 17.9 Å². The average molecular weight is 472 g/mol. The number of carbonyl (C=O) groups is 2. The number of carboxylic acid groups (broad SMARTS) is 2. The summed E-state index contributed by atoms with van der Waals surface area (Å²) in [4.78, 5) is 31.6. The second-order valence-electron chi connectivity index (χ2n) is 7.74. The zero-order valence-electron chi connectivity index (χ0n) is 16.7. The van der Waals surface area contributed by atoms with Gasteiger partial charge in [0.2, 0.25) is 5.95 Å². The molecule has 32 heavy (non-hydrogen) atoms. The van der Waals surface area contributed by atoms with Crippen LogP contribution in [-0.2, 0) is 9.59 Å². The van der Waals surface area contributed by atoms with Crippen molar-refractivity contribution in [2.45, 2.75) is 25.2 Å². The van der Waals surface area contributed by atoms with Crippen molar-refractivity contribution in [2.24, 2.45) is 17.8 Å². The lowest BCUT2D eigenvalue weighted by atomic mass is 10.0. The Hall–Kier alpha value is -2.64. The van der Waals surface area contributed by atoms with Crippen molar-refractivity contribution in [3.05, 3.63) is 18.5 Å². The molecule has 0 radical (unpaired) electrons. The summed E-state index contributed by atoms with van der Waals surface area (Å²) in [5, 5.41) is 14.2. The van der Waals surface area contributed by atoms with Gasteiger partial charge in [-0.15, -0.1) is 0 Å². The summed E-state index contributed by atoms with van der Waals surface area (Å²) in [6.45, 7) is 6.25. The summed E-state index contributed by atoms with van der Waals surface area (Å²) in [6, 6.07) is 1.89. The molecule has 1 saturated carbocycles. The number of aromatic nitrogens is 2. The quantitative estimate of drug-likeness (QED) is 0.647. The fraction of sp³-hybridized carbons (Fsp3) is 0.667. The highest BCUT2D eigenvalue weighted by Crippen LogP contribution is 2.36. The molecule has 14 heteroatoms. The molecule has 0 amide bonds. The van der Waals surface area contributed by atoms with Crippen LogP contribution in [0.3, 0.4) is 0 Å². The van der Waals surface area contributed by atoms with Gasteiger partial charge in [0.25, 0.3) is 0 Å². The number of rotatable bonds is 3. The minimum atomic E-state index is -5.08. The van der Waals surface area contributed by atoms with Crippen molar-refractivity contribution in [1.29, 1.82) is 0 Å². The summed E-state index contributed by atoms with van der Waals surface area (Å²) in [7, 11) is 0. The second kappa shape index (κ2) is 10.3. The molecule has 2 atom stereocenters. The van der Waals surface area contributed by atoms with Gasteiger partial charge in [-0.05, 0) is 36.7 Å². The lowest BCUT2D eigenvalue weighted by molar-refractivity contribution is -0.193. The lowest BCUT2D eigenvalue weighted by Gasteiger charge is -2.21. The van der Waals surface area contributed by atoms with Crippen molar-refractivity contribution in [1.82, 2.24) is 14.9 Å². The van der Waals surface area contributed by atoms with Gasteiger partial charge in [0.05, 0.1) is 0 Å². The van der Waals surface area contributed by atoms with Crippen LogP contribution in [-0.4, -0.2) is 82.1 Å². The molecular formula is C18H22F6N4O4. The Labute approximate surface area is 178 Å². The number of alkyl halides is 6. The molecule has 8 nitrogen and oxygen atoms in total. The number of anilines is 1. The number of nitrogens with zero attached hydrogens (tertiary/aromatic N) is 4. The van der Waals surface area contributed by atoms with E-state index in [1.54, 1.807) is 0 Å². The van der Waals surface area contributed by atoms with E-state index in [0.29, 0.717) is 0 Å². The Bertz CT molecular complexity index is 735. The first kappa shape index (κ1) is 25.6. The Morgan fingerprint density at radius 2 is 1.28 bits per heavy atom. The fourth-order valence-corrected chi connectivity index (χ4v) is 3.52. The van der Waals surface area contributed by atoms with Crippen molar-refractivity contribution < 1.29 is 46.1 Å². The van der Waals surface area contributed by atoms with Gasteiger partial charge < -0.3 is 20.0 Å². The lowest BCUT2D eigenvalue weighted by Crippen LogP contribution is -2.30. The molecule has 0 spiro atoms. The van der Waals surface area contributed by atoms with E-state index in [4.69, 9.17) is 19.8 Å². The zero-order chi connectivity index (χ0) is 24.1. The van der Waals surface area contributed by atoms with E-state index in [1.165, 1.54) is 32.5 Å². The SMILES string of the molecule is O=C(O)C(F)(F)F.O=C(O)C(F)(F)F.c1cnc(N2CC3CN(CC4CC4)CC3C2)nc1. The highest BCUT2D eigenvalue weighted by Gasteiger charge is 2.42. The van der Waals surface area contributed by atoms with Crippen LogP contribution >= 0.6 is 0 Å². The van der Waals surface area contributed by atoms with Gasteiger partial charge in [-0.3, -0.25) is 0 Å². The maximum absolute atomic E-state index is 10.6. The maximum Gasteiger partial charge on any atom is 0.490 e. The molecule has 1 aliphatic carbocycles. The van der Waals surface area contributed by atoms with Gasteiger partial charge in [-0.1, -0.05) is 0 Å². The van der Waals surface area contributed by atoms with Crippen LogP contribution in [0.5, 0.6) is 0 Å². The van der Waals surface area contributed by atoms with E-state index in [1.807, 2.05) is 18.5 Å². The first-order chi connectivity index (χ1) is 14.8. The number of fused-ring (bicyclic) bond motifs is 1. The topological polar surface area (TPSA) is 107 Å². The first-order valence-electron chi connectivity index (χ1n) is 9.62. The van der Waals surface area contributed by atoms with E-state index in [9.17, 15) is 26.3 Å². The fourth-order valence-electron chi connectivity index (χ4n) is 3.52. The predicted octanol–water partition coefficient (Wildman–Crippen LogP) is 2.52. The van der Waals surface area contributed by atoms with Crippen molar-refractivity contribution in [3.8, 4) is 0 Å². The molecule has 2 saturated heterocycles. The summed E-state index contributed by atoms with van der Waals surface area (Å²) >= 11 is 0. The molecule has 0 aromatic carbocycles. The summed E-state index contributed by atoms with van der Waals surface area (Å²) in [5.41, 5.74) is 0. The predicted molar refractivity (Wildman–Crippen MR) is 97.8 cm³/mol. The normalized spacial score (nSPS) is 22.9. The van der Waals surface area contributed by atoms with E-state index in [2.05, 4.69) is 19.8 Å². The molecule has 4 rings (SSSR count). The zero-order valence-corrected chi connectivity index (χ0v) is 16.7. The average Bonchev–Trinajstić information content (AvgIpc) is 3.28. The van der Waals surface area contributed by atoms with E-state index in [0.717, 1.165) is 36.8 Å². The molecule has 2 N–H and O–H groups in total. The van der Waals surface area contributed by atoms with Crippen LogP contribution < -0.4 is 4.90 Å². The number of halogens is 6. The van der Waals surface area contributed by atoms with Gasteiger partial charge in [0.1, 0.15) is 0 Å². The summed E-state index contributed by atoms with van der Waals surface area (Å²) < 4.78 is 63.5. The number of hydrogen-bond acceptors (Lipinski definition) is 6. The highest BCUT2D eigenvalue weighted by molar-refractivity contribution is 5.73. The Morgan fingerprint density at radius 3 is 1.62 bits per heavy atom. The van der Waals surface area contributed by atoms with E-state index >= 15 is 0 Å². The maximum atomic E-state index is 10.6. The number of carboxylic acids is 2. The first-order valence-corrected chi connectivity index (χ1v) is 9.62. The van der Waals surface area contributed by atoms with E-state index in [-0.39, 0.29) is 0 Å². The molecule has 0 bridgehead atoms. The number of aliphatic carboxylic acids is 2. The van der Waals surface area contributed by atoms with Gasteiger partial charge in [0, 0.05) is 45.1 Å². The molecule has 180 valence electrons. The van der Waals surface area contributed by atoms with Gasteiger partial charge >= 0.3 is 24.3 Å². The largest absolute Gasteiger partial charge is 0.490 e. The third-order valence-electron chi connectivity index (χ3n) is 5.10. The van der Waals surface area contributed by atoms with Crippen LogP contribution in [0.1, 0.15) is 12.8 Å². The van der Waals surface area contributed by atoms with Crippen LogP contribution in [0, 0.1) is 17.8 Å². The molecule has 2 unspecified atom stereocenters. The molecule has 1 aromatic heterocycles. The third-order valence-corrected chi connectivity index (χ3v) is 5.10. The molecule has 2 aliphatic heterocycles. The van der Waals surface area contributed by atoms with Crippen LogP contribution in [0.15, 0.2) is 18.5 Å². The van der Waals surface area contributed by atoms with E-state index < -0.39 is 24.3 Å². The highest BCUT2D eigenvalue weighted by atomic mass is 19.4. The molecule has 3 fully saturated rings. The molecular weight excluding hydrogens is 450 g/mol. The van der Waals surface area contributed by atoms with Crippen LogP contribution in [0.25, 0.3) is 0 Å². The number of likely N-dealkylation sites (tertiary alicyclic amines) is 1. The van der Waals surface area contributed by atoms with Crippen molar-refractivity contribution in [2.75, 3.05) is 37.6 Å². The minimum absolute atomic E-state index is 0.840. The van der Waals surface area contributed by atoms with Gasteiger partial charge in [-0.25, -0.2) is 19.6 Å². The summed E-state index contributed by atoms with van der Waals surface area (Å²) in [5.74, 6) is -1.89. The summed E-state index contributed by atoms with van der Waals surface area (Å²) in [6.07, 6.45) is -3.54. The Balaban J connectivity index is 0.000000218. The van der Waals surface area contributed by atoms with Crippen LogP contribution in [0.4, 0.5) is 32.3 Å². The van der Waals surface area contributed by atoms with Gasteiger partial charge in [0.15, 0.2) is 0 Å². The number of hydrogen-bond donors (Lipinski definition) is 2. The third kappa shape index (κ3) is 8.13. The second-order valence-corrected chi connectivity index (χ2v) is 7.74.